The van der Waals surface area contributed by atoms with Gasteiger partial charge in [0.2, 0.25) is 0 Å². The molecule has 0 spiro atoms. The van der Waals surface area contributed by atoms with Crippen LogP contribution in [-0.4, -0.2) is 40.6 Å². The number of carboxylic acid groups (broad SMARTS) is 1. The van der Waals surface area contributed by atoms with Crippen LogP contribution in [0.15, 0.2) is 30.3 Å². The van der Waals surface area contributed by atoms with Gasteiger partial charge in [-0.3, -0.25) is 19.8 Å². The molecule has 0 radical (unpaired) electrons. The molecule has 1 N–H and O–H groups in total. The quantitative estimate of drug-likeness (QED) is 0.486. The van der Waals surface area contributed by atoms with Crippen molar-refractivity contribution in [2.24, 2.45) is 0 Å². The minimum Gasteiger partial charge on any atom is -0.480 e. The summed E-state index contributed by atoms with van der Waals surface area (Å²) < 4.78 is 4.69. The number of nitrogens with zero attached hydrogens (tertiary/aromatic N) is 2. The molecule has 0 fully saturated rings. The fourth-order valence-electron chi connectivity index (χ4n) is 1.30. The zero-order valence-electron chi connectivity index (χ0n) is 10.1. The molecule has 0 aliphatic heterocycles. The number of carbonyl (C=O) groups excluding carboxylic acids is 1. The van der Waals surface area contributed by atoms with Gasteiger partial charge in [0.1, 0.15) is 6.54 Å². The van der Waals surface area contributed by atoms with Crippen LogP contribution in [0.1, 0.15) is 11.8 Å². The largest absolute Gasteiger partial charge is 0.480 e. The first-order valence-corrected chi connectivity index (χ1v) is 5.23. The second-order valence-corrected chi connectivity index (χ2v) is 3.68. The van der Waals surface area contributed by atoms with Crippen LogP contribution in [0.2, 0.25) is 0 Å². The first kappa shape index (κ1) is 14.4. The van der Waals surface area contributed by atoms with E-state index in [2.05, 4.69) is 4.74 Å². The zero-order chi connectivity index (χ0) is 14.4. The Hall–Kier alpha value is -2.64. The van der Waals surface area contributed by atoms with Gasteiger partial charge in [0.15, 0.2) is 0 Å². The van der Waals surface area contributed by atoms with Gasteiger partial charge >= 0.3 is 18.3 Å². The third kappa shape index (κ3) is 4.26. The van der Waals surface area contributed by atoms with E-state index in [1.165, 1.54) is 19.2 Å². The molecule has 0 saturated heterocycles. The number of nitro groups is 1. The van der Waals surface area contributed by atoms with E-state index in [0.29, 0.717) is 0 Å². The molecule has 1 atom stereocenters. The van der Waals surface area contributed by atoms with Crippen molar-refractivity contribution in [1.29, 1.82) is 0 Å². The van der Waals surface area contributed by atoms with E-state index in [-0.39, 0.29) is 5.56 Å². The van der Waals surface area contributed by atoms with Gasteiger partial charge in [-0.25, -0.2) is 4.79 Å². The number of hydrogen-bond donors (Lipinski definition) is 1. The summed E-state index contributed by atoms with van der Waals surface area (Å²) in [5.41, 5.74) is 0.199. The van der Waals surface area contributed by atoms with Crippen molar-refractivity contribution in [1.82, 2.24) is 4.90 Å². The van der Waals surface area contributed by atoms with Crippen molar-refractivity contribution in [3.63, 3.8) is 0 Å². The summed E-state index contributed by atoms with van der Waals surface area (Å²) in [6.45, 7) is -0.599. The van der Waals surface area contributed by atoms with Crippen LogP contribution in [-0.2, 0) is 9.53 Å². The average molecular weight is 268 g/mol. The van der Waals surface area contributed by atoms with Crippen molar-refractivity contribution >= 4 is 12.1 Å². The molecule has 102 valence electrons. The lowest BCUT2D eigenvalue weighted by Gasteiger charge is -2.16. The summed E-state index contributed by atoms with van der Waals surface area (Å²) in [7, 11) is 1.18. The lowest BCUT2D eigenvalue weighted by molar-refractivity contribution is -0.575. The van der Waals surface area contributed by atoms with Crippen molar-refractivity contribution in [3.05, 3.63) is 46.0 Å². The minimum absolute atomic E-state index is 0.199. The van der Waals surface area contributed by atoms with Gasteiger partial charge in [0, 0.05) is 7.05 Å². The molecule has 1 aromatic carbocycles. The van der Waals surface area contributed by atoms with Crippen LogP contribution in [0.25, 0.3) is 0 Å². The minimum atomic E-state index is -1.66. The van der Waals surface area contributed by atoms with E-state index in [1.54, 1.807) is 18.2 Å². The summed E-state index contributed by atoms with van der Waals surface area (Å²) in [4.78, 5) is 32.8. The maximum absolute atomic E-state index is 11.5. The number of rotatable bonds is 5. The van der Waals surface area contributed by atoms with Gasteiger partial charge in [-0.05, 0) is 12.1 Å². The highest BCUT2D eigenvalue weighted by atomic mass is 16.7. The SMILES string of the molecule is CN(CC(=O)O)C(=O)OC(c1ccccc1)[N+](=O)[O-]. The lowest BCUT2D eigenvalue weighted by Crippen LogP contribution is -2.34. The second-order valence-electron chi connectivity index (χ2n) is 3.68. The third-order valence-electron chi connectivity index (χ3n) is 2.17. The molecular formula is C11H12N2O6. The Labute approximate surface area is 108 Å². The first-order chi connectivity index (χ1) is 8.91. The fourth-order valence-corrected chi connectivity index (χ4v) is 1.30. The molecular weight excluding hydrogens is 256 g/mol. The number of ether oxygens (including phenoxy) is 1. The Bertz CT molecular complexity index is 475. The van der Waals surface area contributed by atoms with E-state index in [4.69, 9.17) is 5.11 Å². The molecule has 1 unspecified atom stereocenters. The second kappa shape index (κ2) is 6.34. The lowest BCUT2D eigenvalue weighted by atomic mass is 10.2. The molecule has 0 saturated carbocycles. The number of benzene rings is 1. The van der Waals surface area contributed by atoms with Gasteiger partial charge in [0.25, 0.3) is 0 Å². The fraction of sp³-hybridized carbons (Fsp3) is 0.273. The molecule has 0 aromatic heterocycles. The van der Waals surface area contributed by atoms with Crippen LogP contribution < -0.4 is 0 Å². The van der Waals surface area contributed by atoms with Crippen molar-refractivity contribution in [2.75, 3.05) is 13.6 Å². The highest BCUT2D eigenvalue weighted by Crippen LogP contribution is 2.18. The van der Waals surface area contributed by atoms with E-state index in [9.17, 15) is 19.7 Å². The van der Waals surface area contributed by atoms with Crippen LogP contribution in [0.4, 0.5) is 4.79 Å². The molecule has 8 nitrogen and oxygen atoms in total. The Balaban J connectivity index is 2.78. The summed E-state index contributed by atoms with van der Waals surface area (Å²) in [6, 6.07) is 7.69. The van der Waals surface area contributed by atoms with E-state index >= 15 is 0 Å². The Morgan fingerprint density at radius 3 is 2.47 bits per heavy atom. The van der Waals surface area contributed by atoms with Crippen molar-refractivity contribution < 1.29 is 24.4 Å². The third-order valence-corrected chi connectivity index (χ3v) is 2.17. The highest BCUT2D eigenvalue weighted by Gasteiger charge is 2.29. The Morgan fingerprint density at radius 2 is 2.00 bits per heavy atom. The standard InChI is InChI=1S/C11H12N2O6/c1-12(7-9(14)15)11(16)19-10(13(17)18)8-5-3-2-4-6-8/h2-6,10H,7H2,1H3,(H,14,15). The summed E-state index contributed by atoms with van der Waals surface area (Å²) >= 11 is 0. The summed E-state index contributed by atoms with van der Waals surface area (Å²) in [5, 5.41) is 19.4. The van der Waals surface area contributed by atoms with E-state index in [0.717, 1.165) is 4.90 Å². The van der Waals surface area contributed by atoms with Crippen LogP contribution in [0, 0.1) is 10.1 Å². The molecule has 1 amide bonds. The zero-order valence-corrected chi connectivity index (χ0v) is 10.1. The number of carboxylic acids is 1. The van der Waals surface area contributed by atoms with Gasteiger partial charge in [0.05, 0.1) is 10.5 Å². The normalized spacial score (nSPS) is 11.4. The van der Waals surface area contributed by atoms with Gasteiger partial charge in [-0.15, -0.1) is 0 Å². The topological polar surface area (TPSA) is 110 Å². The average Bonchev–Trinajstić information content (AvgIpc) is 2.35. The molecule has 19 heavy (non-hydrogen) atoms. The molecule has 0 aliphatic carbocycles. The van der Waals surface area contributed by atoms with Crippen LogP contribution >= 0.6 is 0 Å². The van der Waals surface area contributed by atoms with E-state index < -0.39 is 29.8 Å². The number of aliphatic carboxylic acids is 1. The summed E-state index contributed by atoms with van der Waals surface area (Å²) in [6.07, 6.45) is -2.74. The Kier molecular flexibility index (Phi) is 4.81. The van der Waals surface area contributed by atoms with Gasteiger partial charge in [-0.2, -0.15) is 0 Å². The van der Waals surface area contributed by atoms with E-state index in [1.807, 2.05) is 0 Å². The molecule has 0 bridgehead atoms. The number of likely N-dealkylation sites (N-methyl/N-ethyl adjacent to an activating group) is 1. The maximum Gasteiger partial charge on any atom is 0.415 e. The van der Waals surface area contributed by atoms with Crippen molar-refractivity contribution in [3.8, 4) is 0 Å². The maximum atomic E-state index is 11.5. The summed E-state index contributed by atoms with van der Waals surface area (Å²) in [5.74, 6) is -1.24. The molecule has 8 heteroatoms. The predicted molar refractivity (Wildman–Crippen MR) is 62.9 cm³/mol. The monoisotopic (exact) mass is 268 g/mol. The number of amides is 1. The molecule has 0 heterocycles. The predicted octanol–water partition coefficient (Wildman–Crippen LogP) is 1.11. The van der Waals surface area contributed by atoms with Gasteiger partial charge in [-0.1, -0.05) is 18.2 Å². The van der Waals surface area contributed by atoms with Crippen LogP contribution in [0.3, 0.4) is 0 Å². The number of carbonyl (C=O) groups is 2. The van der Waals surface area contributed by atoms with Crippen molar-refractivity contribution in [2.45, 2.75) is 6.23 Å². The molecule has 0 aliphatic rings. The molecule has 1 rings (SSSR count). The molecule has 1 aromatic rings. The van der Waals surface area contributed by atoms with Crippen LogP contribution in [0.5, 0.6) is 0 Å². The Morgan fingerprint density at radius 1 is 1.42 bits per heavy atom. The first-order valence-electron chi connectivity index (χ1n) is 5.23. The highest BCUT2D eigenvalue weighted by molar-refractivity contribution is 5.76. The smallest absolute Gasteiger partial charge is 0.415 e. The number of hydrogen-bond acceptors (Lipinski definition) is 5. The van der Waals surface area contributed by atoms with Gasteiger partial charge < -0.3 is 9.84 Å².